The molecule has 342 valence electrons. The van der Waals surface area contributed by atoms with E-state index in [0.717, 1.165) is 0 Å². The first kappa shape index (κ1) is 42.7. The average Bonchev–Trinajstić information content (AvgIpc) is 4.09. The molecule has 0 amide bonds. The monoisotopic (exact) mass is 904 g/mol. The Bertz CT molecular complexity index is 3910. The smallest absolute Gasteiger partial charge is 0.0634 e. The number of hydrogen-bond donors (Lipinski definition) is 0. The van der Waals surface area contributed by atoms with Crippen LogP contribution in [0.2, 0.25) is 0 Å². The Morgan fingerprint density at radius 1 is 0.257 bits per heavy atom. The fourth-order valence-corrected chi connectivity index (χ4v) is 12.2. The third-order valence-corrected chi connectivity index (χ3v) is 16.5. The number of benzene rings is 9. The Kier molecular flexibility index (Phi) is 8.88. The molecule has 70 heavy (non-hydrogen) atoms. The molecule has 0 spiro atoms. The maximum atomic E-state index is 2.63. The van der Waals surface area contributed by atoms with Crippen LogP contribution in [0.4, 0.5) is 0 Å². The van der Waals surface area contributed by atoms with Crippen molar-refractivity contribution in [2.24, 2.45) is 0 Å². The molecule has 4 aromatic heterocycles. The lowest BCUT2D eigenvalue weighted by Gasteiger charge is -2.26. The normalized spacial score (nSPS) is 13.3. The molecular weight excluding hydrogens is 845 g/mol. The third-order valence-electron chi connectivity index (χ3n) is 16.5. The van der Waals surface area contributed by atoms with E-state index in [2.05, 4.69) is 260 Å². The lowest BCUT2D eigenvalue weighted by molar-refractivity contribution is 0.590. The molecule has 0 bridgehead atoms. The van der Waals surface area contributed by atoms with E-state index >= 15 is 0 Å². The molecule has 2 nitrogen and oxygen atoms in total. The molecule has 9 aromatic carbocycles. The van der Waals surface area contributed by atoms with E-state index in [4.69, 9.17) is 0 Å². The summed E-state index contributed by atoms with van der Waals surface area (Å²) in [7, 11) is 0. The maximum Gasteiger partial charge on any atom is 0.0634 e. The molecule has 13 aromatic rings. The Hall–Kier alpha value is -7.42. The van der Waals surface area contributed by atoms with Crippen LogP contribution < -0.4 is 0 Å². The highest BCUT2D eigenvalue weighted by molar-refractivity contribution is 6.45. The standard InChI is InChI=1S/C68H60N2/c1-65(2,3)49-31-35-53-57(39-49)69-55-37-43(41-21-27-47(28-22-41)67(7,8)45-17-13-11-14-18-45)25-33-51(55)60-62-54-36-32-50(66(4,5)6)40-58(54)70-56-38-44(26-34-52(56)59(64(62)70)61(53)63(60)69)42-23-29-48(30-24-42)68(9,10)46-19-15-12-16-20-46/h11-40H,1-10H3. The first-order valence-electron chi connectivity index (χ1n) is 25.3. The predicted octanol–water partition coefficient (Wildman–Crippen LogP) is 18.6. The molecule has 0 radical (unpaired) electrons. The largest absolute Gasteiger partial charge is 0.308 e. The fraction of sp³-hybridized carbons (Fsp3) is 0.206. The van der Waals surface area contributed by atoms with Gasteiger partial charge in [-0.25, -0.2) is 0 Å². The van der Waals surface area contributed by atoms with Gasteiger partial charge in [0.25, 0.3) is 0 Å². The van der Waals surface area contributed by atoms with E-state index in [-0.39, 0.29) is 21.7 Å². The molecule has 0 saturated heterocycles. The van der Waals surface area contributed by atoms with Crippen molar-refractivity contribution in [1.82, 2.24) is 8.80 Å². The van der Waals surface area contributed by atoms with Gasteiger partial charge in [0.1, 0.15) is 0 Å². The molecule has 0 atom stereocenters. The van der Waals surface area contributed by atoms with E-state index in [9.17, 15) is 0 Å². The van der Waals surface area contributed by atoms with Crippen LogP contribution in [0, 0.1) is 0 Å². The Morgan fingerprint density at radius 3 is 0.857 bits per heavy atom. The molecule has 4 heterocycles. The Balaban J connectivity index is 1.09. The van der Waals surface area contributed by atoms with Gasteiger partial charge < -0.3 is 8.80 Å². The van der Waals surface area contributed by atoms with E-state index in [1.165, 1.54) is 132 Å². The summed E-state index contributed by atoms with van der Waals surface area (Å²) in [5.41, 5.74) is 20.4. The number of nitrogens with zero attached hydrogens (tertiary/aromatic N) is 2. The van der Waals surface area contributed by atoms with Gasteiger partial charge in [0, 0.05) is 53.9 Å². The van der Waals surface area contributed by atoms with Crippen LogP contribution in [0.5, 0.6) is 0 Å². The summed E-state index contributed by atoms with van der Waals surface area (Å²) < 4.78 is 5.27. The van der Waals surface area contributed by atoms with Gasteiger partial charge in [0.2, 0.25) is 0 Å². The zero-order chi connectivity index (χ0) is 48.2. The van der Waals surface area contributed by atoms with Crippen molar-refractivity contribution in [3.05, 3.63) is 215 Å². The van der Waals surface area contributed by atoms with Gasteiger partial charge in [-0.15, -0.1) is 0 Å². The number of aromatic nitrogens is 2. The summed E-state index contributed by atoms with van der Waals surface area (Å²) >= 11 is 0. The van der Waals surface area contributed by atoms with E-state index in [1.54, 1.807) is 0 Å². The molecule has 0 aliphatic carbocycles. The quantitative estimate of drug-likeness (QED) is 0.157. The summed E-state index contributed by atoms with van der Waals surface area (Å²) in [5.74, 6) is 0. The van der Waals surface area contributed by atoms with Gasteiger partial charge in [-0.1, -0.05) is 227 Å². The number of fused-ring (bicyclic) bond motifs is 14. The minimum atomic E-state index is -0.105. The summed E-state index contributed by atoms with van der Waals surface area (Å²) in [6.45, 7) is 23.3. The van der Waals surface area contributed by atoms with Gasteiger partial charge >= 0.3 is 0 Å². The van der Waals surface area contributed by atoms with Gasteiger partial charge in [0.05, 0.1) is 33.1 Å². The van der Waals surface area contributed by atoms with E-state index < -0.39 is 0 Å². The highest BCUT2D eigenvalue weighted by Crippen LogP contribution is 2.53. The van der Waals surface area contributed by atoms with Crippen molar-refractivity contribution in [3.8, 4) is 22.3 Å². The molecular formula is C68H60N2. The molecule has 0 aliphatic rings. The van der Waals surface area contributed by atoms with Gasteiger partial charge in [-0.3, -0.25) is 0 Å². The van der Waals surface area contributed by atoms with Crippen molar-refractivity contribution in [3.63, 3.8) is 0 Å². The molecule has 0 N–H and O–H groups in total. The number of rotatable bonds is 6. The van der Waals surface area contributed by atoms with Crippen molar-refractivity contribution in [1.29, 1.82) is 0 Å². The van der Waals surface area contributed by atoms with Crippen LogP contribution in [0.1, 0.15) is 103 Å². The predicted molar refractivity (Wildman–Crippen MR) is 301 cm³/mol. The maximum absolute atomic E-state index is 2.63. The first-order chi connectivity index (χ1) is 33.5. The summed E-state index contributed by atoms with van der Waals surface area (Å²) in [5, 5.41) is 10.6. The van der Waals surface area contributed by atoms with Crippen LogP contribution in [0.3, 0.4) is 0 Å². The van der Waals surface area contributed by atoms with Crippen LogP contribution in [-0.2, 0) is 21.7 Å². The second-order valence-electron chi connectivity index (χ2n) is 23.4. The first-order valence-corrected chi connectivity index (χ1v) is 25.3. The fourth-order valence-electron chi connectivity index (χ4n) is 12.2. The number of hydrogen-bond acceptors (Lipinski definition) is 0. The van der Waals surface area contributed by atoms with Crippen LogP contribution in [0.15, 0.2) is 182 Å². The zero-order valence-electron chi connectivity index (χ0n) is 42.2. The SMILES string of the molecule is CC(C)(C)c1ccc2c3c4c5ccc(-c6ccc(C(C)(C)c7ccccc7)cc6)cc5n5c6cc(C(C)(C)C)ccc6c(c6c7ccc(-c8ccc(C(C)(C)c9ccccc9)cc8)cc7n(c2c1)c63)c45. The van der Waals surface area contributed by atoms with Crippen molar-refractivity contribution < 1.29 is 0 Å². The summed E-state index contributed by atoms with van der Waals surface area (Å²) in [6, 6.07) is 69.5. The minimum absolute atomic E-state index is 0.0101. The van der Waals surface area contributed by atoms with Crippen LogP contribution in [-0.4, -0.2) is 8.80 Å². The molecule has 2 heteroatoms. The highest BCUT2D eigenvalue weighted by atomic mass is 14.9. The summed E-state index contributed by atoms with van der Waals surface area (Å²) in [6.07, 6.45) is 0. The van der Waals surface area contributed by atoms with Crippen molar-refractivity contribution in [2.75, 3.05) is 0 Å². The van der Waals surface area contributed by atoms with Crippen molar-refractivity contribution >= 4 is 76.2 Å². The second-order valence-corrected chi connectivity index (χ2v) is 23.4. The Labute approximate surface area is 411 Å². The third kappa shape index (κ3) is 6.05. The molecule has 0 unspecified atom stereocenters. The zero-order valence-corrected chi connectivity index (χ0v) is 42.2. The minimum Gasteiger partial charge on any atom is -0.308 e. The lowest BCUT2D eigenvalue weighted by atomic mass is 9.78. The Morgan fingerprint density at radius 2 is 0.529 bits per heavy atom. The topological polar surface area (TPSA) is 8.82 Å². The van der Waals surface area contributed by atoms with Gasteiger partial charge in [-0.05, 0) is 90.7 Å². The molecule has 0 aliphatic heterocycles. The van der Waals surface area contributed by atoms with E-state index in [1.807, 2.05) is 0 Å². The van der Waals surface area contributed by atoms with Crippen LogP contribution >= 0.6 is 0 Å². The van der Waals surface area contributed by atoms with Gasteiger partial charge in [-0.2, -0.15) is 0 Å². The van der Waals surface area contributed by atoms with Gasteiger partial charge in [0.15, 0.2) is 0 Å². The highest BCUT2D eigenvalue weighted by Gasteiger charge is 2.31. The molecule has 0 saturated carbocycles. The van der Waals surface area contributed by atoms with Crippen LogP contribution in [0.25, 0.3) is 98.4 Å². The average molecular weight is 905 g/mol. The second kappa shape index (κ2) is 14.6. The molecule has 0 fully saturated rings. The molecule has 13 rings (SSSR count). The lowest BCUT2D eigenvalue weighted by Crippen LogP contribution is -2.18. The van der Waals surface area contributed by atoms with E-state index in [0.29, 0.717) is 0 Å². The summed E-state index contributed by atoms with van der Waals surface area (Å²) in [4.78, 5) is 0. The van der Waals surface area contributed by atoms with Crippen molar-refractivity contribution in [2.45, 2.75) is 90.9 Å².